The number of aryl methyl sites for hydroxylation is 2. The summed E-state index contributed by atoms with van der Waals surface area (Å²) in [5, 5.41) is 8.96. The first-order chi connectivity index (χ1) is 10.5. The normalized spacial score (nSPS) is 10.3. The number of hydrogen-bond donors (Lipinski definition) is 1. The van der Waals surface area contributed by atoms with E-state index in [1.165, 1.54) is 0 Å². The lowest BCUT2D eigenvalue weighted by Gasteiger charge is -2.26. The van der Waals surface area contributed by atoms with Crippen LogP contribution < -0.4 is 4.90 Å². The van der Waals surface area contributed by atoms with E-state index in [0.29, 0.717) is 5.56 Å². The van der Waals surface area contributed by atoms with Gasteiger partial charge in [-0.05, 0) is 37.1 Å². The molecule has 0 fully saturated rings. The molecule has 0 bridgehead atoms. The van der Waals surface area contributed by atoms with Crippen LogP contribution >= 0.6 is 0 Å². The van der Waals surface area contributed by atoms with Gasteiger partial charge in [0.2, 0.25) is 0 Å². The van der Waals surface area contributed by atoms with E-state index in [2.05, 4.69) is 0 Å². The van der Waals surface area contributed by atoms with E-state index >= 15 is 0 Å². The largest absolute Gasteiger partial charge is 0.481 e. The third-order valence-electron chi connectivity index (χ3n) is 3.52. The summed E-state index contributed by atoms with van der Waals surface area (Å²) in [4.78, 5) is 25.3. The molecule has 1 amide bonds. The van der Waals surface area contributed by atoms with Crippen molar-refractivity contribution in [2.45, 2.75) is 20.3 Å². The summed E-state index contributed by atoms with van der Waals surface area (Å²) in [6.45, 7) is 4.00. The molecule has 0 aromatic heterocycles. The maximum absolute atomic E-state index is 12.8. The molecular formula is C18H19NO3. The Kier molecular flexibility index (Phi) is 4.94. The van der Waals surface area contributed by atoms with Gasteiger partial charge in [0.05, 0.1) is 6.42 Å². The first-order valence-corrected chi connectivity index (χ1v) is 7.15. The Balaban J connectivity index is 2.43. The van der Waals surface area contributed by atoms with Crippen LogP contribution in [-0.4, -0.2) is 23.5 Å². The van der Waals surface area contributed by atoms with Gasteiger partial charge in [0, 0.05) is 17.8 Å². The van der Waals surface area contributed by atoms with Crippen molar-refractivity contribution in [2.24, 2.45) is 0 Å². The molecule has 22 heavy (non-hydrogen) atoms. The number of hydrogen-bond acceptors (Lipinski definition) is 2. The van der Waals surface area contributed by atoms with E-state index < -0.39 is 5.97 Å². The van der Waals surface area contributed by atoms with Gasteiger partial charge in [-0.15, -0.1) is 0 Å². The molecule has 0 saturated heterocycles. The van der Waals surface area contributed by atoms with Crippen LogP contribution in [0, 0.1) is 13.8 Å². The van der Waals surface area contributed by atoms with Crippen molar-refractivity contribution in [2.75, 3.05) is 11.4 Å². The second-order valence-corrected chi connectivity index (χ2v) is 5.21. The molecule has 0 radical (unpaired) electrons. The van der Waals surface area contributed by atoms with E-state index in [4.69, 9.17) is 5.11 Å². The maximum atomic E-state index is 12.8. The molecule has 2 aromatic carbocycles. The molecule has 0 aliphatic heterocycles. The summed E-state index contributed by atoms with van der Waals surface area (Å²) in [7, 11) is 0. The highest BCUT2D eigenvalue weighted by Gasteiger charge is 2.21. The fourth-order valence-corrected chi connectivity index (χ4v) is 2.49. The Bertz CT molecular complexity index is 660. The lowest BCUT2D eigenvalue weighted by molar-refractivity contribution is -0.136. The zero-order chi connectivity index (χ0) is 16.1. The molecule has 114 valence electrons. The van der Waals surface area contributed by atoms with Crippen LogP contribution in [0.5, 0.6) is 0 Å². The molecule has 4 nitrogen and oxygen atoms in total. The highest BCUT2D eigenvalue weighted by Crippen LogP contribution is 2.26. The Morgan fingerprint density at radius 1 is 0.955 bits per heavy atom. The van der Waals surface area contributed by atoms with Crippen LogP contribution in [0.4, 0.5) is 5.69 Å². The fourth-order valence-electron chi connectivity index (χ4n) is 2.49. The molecule has 2 rings (SSSR count). The summed E-state index contributed by atoms with van der Waals surface area (Å²) in [6.07, 6.45) is -0.0909. The second-order valence-electron chi connectivity index (χ2n) is 5.21. The van der Waals surface area contributed by atoms with E-state index in [9.17, 15) is 9.59 Å². The van der Waals surface area contributed by atoms with E-state index in [0.717, 1.165) is 16.8 Å². The Labute approximate surface area is 130 Å². The van der Waals surface area contributed by atoms with Gasteiger partial charge in [-0.25, -0.2) is 0 Å². The average molecular weight is 297 g/mol. The number of aliphatic carboxylic acids is 1. The van der Waals surface area contributed by atoms with Crippen molar-refractivity contribution < 1.29 is 14.7 Å². The van der Waals surface area contributed by atoms with Crippen molar-refractivity contribution in [3.63, 3.8) is 0 Å². The Morgan fingerprint density at radius 2 is 1.55 bits per heavy atom. The van der Waals surface area contributed by atoms with Crippen LogP contribution in [0.2, 0.25) is 0 Å². The molecule has 2 aromatic rings. The van der Waals surface area contributed by atoms with Crippen LogP contribution in [0.3, 0.4) is 0 Å². The Morgan fingerprint density at radius 3 is 2.09 bits per heavy atom. The summed E-state index contributed by atoms with van der Waals surface area (Å²) in [5.41, 5.74) is 3.25. The van der Waals surface area contributed by atoms with Crippen LogP contribution in [0.25, 0.3) is 0 Å². The van der Waals surface area contributed by atoms with Crippen molar-refractivity contribution in [1.29, 1.82) is 0 Å². The minimum atomic E-state index is -0.919. The van der Waals surface area contributed by atoms with E-state index in [-0.39, 0.29) is 18.9 Å². The number of benzene rings is 2. The first-order valence-electron chi connectivity index (χ1n) is 7.15. The summed E-state index contributed by atoms with van der Waals surface area (Å²) >= 11 is 0. The molecule has 0 aliphatic carbocycles. The highest BCUT2D eigenvalue weighted by atomic mass is 16.4. The molecular weight excluding hydrogens is 278 g/mol. The fraction of sp³-hybridized carbons (Fsp3) is 0.222. The van der Waals surface area contributed by atoms with Crippen molar-refractivity contribution in [3.8, 4) is 0 Å². The van der Waals surface area contributed by atoms with Gasteiger partial charge >= 0.3 is 5.97 Å². The summed E-state index contributed by atoms with van der Waals surface area (Å²) in [5.74, 6) is -1.10. The van der Waals surface area contributed by atoms with Crippen LogP contribution in [-0.2, 0) is 4.79 Å². The lowest BCUT2D eigenvalue weighted by Crippen LogP contribution is -2.34. The molecule has 0 unspecified atom stereocenters. The third kappa shape index (κ3) is 3.52. The monoisotopic (exact) mass is 297 g/mol. The number of para-hydroxylation sites is 1. The minimum absolute atomic E-state index is 0.0909. The van der Waals surface area contributed by atoms with Gasteiger partial charge in [0.15, 0.2) is 0 Å². The van der Waals surface area contributed by atoms with E-state index in [1.54, 1.807) is 29.2 Å². The molecule has 0 spiro atoms. The maximum Gasteiger partial charge on any atom is 0.305 e. The number of rotatable bonds is 5. The van der Waals surface area contributed by atoms with Gasteiger partial charge in [0.25, 0.3) is 5.91 Å². The SMILES string of the molecule is Cc1cccc(C)c1N(CCC(=O)O)C(=O)c1ccccc1. The third-order valence-corrected chi connectivity index (χ3v) is 3.52. The minimum Gasteiger partial charge on any atom is -0.481 e. The number of carbonyl (C=O) groups excluding carboxylic acids is 1. The molecule has 1 N–H and O–H groups in total. The first kappa shape index (κ1) is 15.8. The number of carboxylic acids is 1. The van der Waals surface area contributed by atoms with Gasteiger partial charge < -0.3 is 10.0 Å². The number of nitrogens with zero attached hydrogens (tertiary/aromatic N) is 1. The standard InChI is InChI=1S/C18H19NO3/c1-13-7-6-8-14(2)17(13)19(12-11-16(20)21)18(22)15-9-4-3-5-10-15/h3-10H,11-12H2,1-2H3,(H,20,21). The highest BCUT2D eigenvalue weighted by molar-refractivity contribution is 6.07. The molecule has 0 aliphatic rings. The smallest absolute Gasteiger partial charge is 0.305 e. The van der Waals surface area contributed by atoms with Gasteiger partial charge in [-0.3, -0.25) is 9.59 Å². The zero-order valence-corrected chi connectivity index (χ0v) is 12.7. The average Bonchev–Trinajstić information content (AvgIpc) is 2.50. The predicted octanol–water partition coefficient (Wildman–Crippen LogP) is 3.42. The van der Waals surface area contributed by atoms with Crippen molar-refractivity contribution >= 4 is 17.6 Å². The lowest BCUT2D eigenvalue weighted by atomic mass is 10.1. The van der Waals surface area contributed by atoms with Crippen molar-refractivity contribution in [1.82, 2.24) is 0 Å². The summed E-state index contributed by atoms with van der Waals surface area (Å²) in [6, 6.07) is 14.7. The van der Waals surface area contributed by atoms with Crippen LogP contribution in [0.15, 0.2) is 48.5 Å². The molecule has 0 saturated carbocycles. The summed E-state index contributed by atoms with van der Waals surface area (Å²) < 4.78 is 0. The van der Waals surface area contributed by atoms with Gasteiger partial charge in [-0.2, -0.15) is 0 Å². The quantitative estimate of drug-likeness (QED) is 0.920. The number of anilines is 1. The zero-order valence-electron chi connectivity index (χ0n) is 12.7. The topological polar surface area (TPSA) is 57.6 Å². The van der Waals surface area contributed by atoms with Crippen LogP contribution in [0.1, 0.15) is 27.9 Å². The van der Waals surface area contributed by atoms with Gasteiger partial charge in [0.1, 0.15) is 0 Å². The molecule has 4 heteroatoms. The van der Waals surface area contributed by atoms with Gasteiger partial charge in [-0.1, -0.05) is 36.4 Å². The number of carboxylic acid groups (broad SMARTS) is 1. The molecule has 0 atom stereocenters. The van der Waals surface area contributed by atoms with E-state index in [1.807, 2.05) is 38.1 Å². The molecule has 0 heterocycles. The number of carbonyl (C=O) groups is 2. The number of amides is 1. The predicted molar refractivity (Wildman–Crippen MR) is 86.3 cm³/mol. The van der Waals surface area contributed by atoms with Crippen molar-refractivity contribution in [3.05, 3.63) is 65.2 Å². The Hall–Kier alpha value is -2.62. The second kappa shape index (κ2) is 6.89.